The number of aromatic nitrogens is 1. The Bertz CT molecular complexity index is 1140. The highest BCUT2D eigenvalue weighted by molar-refractivity contribution is 7.21. The highest BCUT2D eigenvalue weighted by Gasteiger charge is 2.15. The molecule has 0 unspecified atom stereocenters. The van der Waals surface area contributed by atoms with E-state index in [0.717, 1.165) is 20.8 Å². The zero-order chi connectivity index (χ0) is 19.7. The predicted octanol–water partition coefficient (Wildman–Crippen LogP) is 6.53. The Kier molecular flexibility index (Phi) is 5.22. The summed E-state index contributed by atoms with van der Waals surface area (Å²) in [6.07, 6.45) is 0. The molecule has 4 rings (SSSR count). The van der Waals surface area contributed by atoms with Gasteiger partial charge in [0.05, 0.1) is 33.1 Å². The number of carbonyl (C=O) groups excluding carboxylic acids is 1. The molecule has 0 aliphatic carbocycles. The summed E-state index contributed by atoms with van der Waals surface area (Å²) in [5.74, 6) is 0.404. The average Bonchev–Trinajstić information content (AvgIpc) is 3.14. The third kappa shape index (κ3) is 3.69. The first-order valence-corrected chi connectivity index (χ1v) is 9.93. The lowest BCUT2D eigenvalue weighted by Crippen LogP contribution is -2.12. The lowest BCUT2D eigenvalue weighted by Gasteiger charge is -2.11. The maximum Gasteiger partial charge on any atom is 0.255 e. The van der Waals surface area contributed by atoms with Crippen LogP contribution in [0.4, 0.5) is 5.69 Å². The van der Waals surface area contributed by atoms with Gasteiger partial charge >= 0.3 is 0 Å². The van der Waals surface area contributed by atoms with Crippen molar-refractivity contribution in [3.05, 3.63) is 76.3 Å². The molecule has 1 aromatic heterocycles. The Morgan fingerprint density at radius 1 is 1.04 bits per heavy atom. The van der Waals surface area contributed by atoms with Crippen molar-refractivity contribution in [2.45, 2.75) is 0 Å². The fourth-order valence-corrected chi connectivity index (χ4v) is 4.30. The first-order valence-electron chi connectivity index (χ1n) is 8.35. The number of anilines is 1. The molecule has 0 saturated heterocycles. The van der Waals surface area contributed by atoms with Crippen LogP contribution in [0.25, 0.3) is 20.8 Å². The van der Waals surface area contributed by atoms with Crippen molar-refractivity contribution in [1.29, 1.82) is 0 Å². The Labute approximate surface area is 175 Å². The lowest BCUT2D eigenvalue weighted by atomic mass is 10.1. The monoisotopic (exact) mass is 428 g/mol. The molecule has 0 spiro atoms. The molecule has 0 radical (unpaired) electrons. The van der Waals surface area contributed by atoms with Gasteiger partial charge in [-0.05, 0) is 48.5 Å². The summed E-state index contributed by atoms with van der Waals surface area (Å²) in [4.78, 5) is 17.2. The van der Waals surface area contributed by atoms with Crippen molar-refractivity contribution in [2.75, 3.05) is 12.4 Å². The summed E-state index contributed by atoms with van der Waals surface area (Å²) in [5.41, 5.74) is 2.59. The summed E-state index contributed by atoms with van der Waals surface area (Å²) < 4.78 is 6.18. The second-order valence-corrected chi connectivity index (χ2v) is 7.83. The summed E-state index contributed by atoms with van der Waals surface area (Å²) in [7, 11) is 1.58. The van der Waals surface area contributed by atoms with Gasteiger partial charge in [0, 0.05) is 11.1 Å². The highest BCUT2D eigenvalue weighted by Crippen LogP contribution is 2.39. The van der Waals surface area contributed by atoms with Crippen molar-refractivity contribution >= 4 is 56.3 Å². The Morgan fingerprint density at radius 2 is 1.79 bits per heavy atom. The average molecular weight is 429 g/mol. The molecular formula is C21H14Cl2N2O2S. The van der Waals surface area contributed by atoms with Crippen LogP contribution in [0.1, 0.15) is 10.4 Å². The maximum atomic E-state index is 12.6. The van der Waals surface area contributed by atoms with Gasteiger partial charge in [-0.2, -0.15) is 0 Å². The third-order valence-electron chi connectivity index (χ3n) is 4.18. The Hall–Kier alpha value is -2.60. The van der Waals surface area contributed by atoms with Crippen LogP contribution in [0.3, 0.4) is 0 Å². The van der Waals surface area contributed by atoms with Crippen molar-refractivity contribution < 1.29 is 9.53 Å². The van der Waals surface area contributed by atoms with Crippen LogP contribution in [0, 0.1) is 0 Å². The minimum atomic E-state index is -0.276. The van der Waals surface area contributed by atoms with Gasteiger partial charge < -0.3 is 10.1 Å². The van der Waals surface area contributed by atoms with E-state index in [2.05, 4.69) is 10.3 Å². The molecule has 1 N–H and O–H groups in total. The van der Waals surface area contributed by atoms with E-state index >= 15 is 0 Å². The third-order valence-corrected chi connectivity index (χ3v) is 5.88. The van der Waals surface area contributed by atoms with E-state index in [4.69, 9.17) is 27.9 Å². The molecule has 0 atom stereocenters. The predicted molar refractivity (Wildman–Crippen MR) is 116 cm³/mol. The number of fused-ring (bicyclic) bond motifs is 1. The maximum absolute atomic E-state index is 12.6. The van der Waals surface area contributed by atoms with Crippen LogP contribution in [-0.2, 0) is 0 Å². The number of amides is 1. The zero-order valence-electron chi connectivity index (χ0n) is 14.7. The number of nitrogens with one attached hydrogen (secondary N) is 1. The zero-order valence-corrected chi connectivity index (χ0v) is 17.0. The minimum absolute atomic E-state index is 0.276. The first kappa shape index (κ1) is 18.7. The number of thiazole rings is 1. The molecule has 0 aliphatic rings. The number of hydrogen-bond donors (Lipinski definition) is 1. The number of rotatable bonds is 4. The molecule has 0 bridgehead atoms. The molecule has 3 aromatic carbocycles. The van der Waals surface area contributed by atoms with Crippen LogP contribution in [-0.4, -0.2) is 18.0 Å². The van der Waals surface area contributed by atoms with E-state index in [9.17, 15) is 4.79 Å². The van der Waals surface area contributed by atoms with Gasteiger partial charge in [-0.25, -0.2) is 4.98 Å². The van der Waals surface area contributed by atoms with Crippen molar-refractivity contribution in [3.8, 4) is 16.3 Å². The van der Waals surface area contributed by atoms with Gasteiger partial charge in [0.15, 0.2) is 0 Å². The number of nitrogens with zero attached hydrogens (tertiary/aromatic N) is 1. The first-order chi connectivity index (χ1) is 13.5. The molecule has 0 aliphatic heterocycles. The van der Waals surface area contributed by atoms with Gasteiger partial charge in [0.2, 0.25) is 0 Å². The van der Waals surface area contributed by atoms with Gasteiger partial charge in [-0.3, -0.25) is 4.79 Å². The molecule has 7 heteroatoms. The van der Waals surface area contributed by atoms with Gasteiger partial charge in [-0.15, -0.1) is 11.3 Å². The van der Waals surface area contributed by atoms with Crippen molar-refractivity contribution in [1.82, 2.24) is 4.98 Å². The van der Waals surface area contributed by atoms with E-state index < -0.39 is 0 Å². The standard InChI is InChI=1S/C21H14Cl2N2O2S/c1-27-13-8-6-12(7-9-13)20(26)24-18-10-14(15(22)11-16(18)23)21-25-17-4-2-3-5-19(17)28-21/h2-11H,1H3,(H,24,26). The van der Waals surface area contributed by atoms with Crippen LogP contribution in [0.2, 0.25) is 10.0 Å². The largest absolute Gasteiger partial charge is 0.497 e. The normalized spacial score (nSPS) is 10.8. The second-order valence-electron chi connectivity index (χ2n) is 5.98. The number of para-hydroxylation sites is 1. The van der Waals surface area contributed by atoms with Crippen LogP contribution in [0.15, 0.2) is 60.7 Å². The van der Waals surface area contributed by atoms with Crippen molar-refractivity contribution in [2.24, 2.45) is 0 Å². The summed E-state index contributed by atoms with van der Waals surface area (Å²) in [5, 5.41) is 4.44. The molecule has 4 aromatic rings. The van der Waals surface area contributed by atoms with E-state index in [1.807, 2.05) is 24.3 Å². The second kappa shape index (κ2) is 7.80. The molecule has 140 valence electrons. The molecule has 1 amide bonds. The van der Waals surface area contributed by atoms with Crippen LogP contribution < -0.4 is 10.1 Å². The molecule has 4 nitrogen and oxygen atoms in total. The topological polar surface area (TPSA) is 51.2 Å². The van der Waals surface area contributed by atoms with Crippen LogP contribution in [0.5, 0.6) is 5.75 Å². The number of carbonyl (C=O) groups is 1. The van der Waals surface area contributed by atoms with Crippen molar-refractivity contribution in [3.63, 3.8) is 0 Å². The molecular weight excluding hydrogens is 415 g/mol. The SMILES string of the molecule is COc1ccc(C(=O)Nc2cc(-c3nc4ccccc4s3)c(Cl)cc2Cl)cc1. The molecule has 0 fully saturated rings. The minimum Gasteiger partial charge on any atom is -0.497 e. The molecule has 1 heterocycles. The Balaban J connectivity index is 1.67. The number of halogens is 2. The van der Waals surface area contributed by atoms with E-state index in [1.165, 1.54) is 11.3 Å². The number of ether oxygens (including phenoxy) is 1. The summed E-state index contributed by atoms with van der Waals surface area (Å²) >= 11 is 14.3. The fourth-order valence-electron chi connectivity index (χ4n) is 2.73. The molecule has 28 heavy (non-hydrogen) atoms. The summed E-state index contributed by atoms with van der Waals surface area (Å²) in [6.45, 7) is 0. The van der Waals surface area contributed by atoms with Gasteiger partial charge in [-0.1, -0.05) is 35.3 Å². The van der Waals surface area contributed by atoms with Gasteiger partial charge in [0.25, 0.3) is 5.91 Å². The lowest BCUT2D eigenvalue weighted by molar-refractivity contribution is 0.102. The van der Waals surface area contributed by atoms with E-state index in [0.29, 0.717) is 27.0 Å². The molecule has 0 saturated carbocycles. The summed E-state index contributed by atoms with van der Waals surface area (Å²) in [6, 6.07) is 18.1. The Morgan fingerprint density at radius 3 is 2.50 bits per heavy atom. The highest BCUT2D eigenvalue weighted by atomic mass is 35.5. The fraction of sp³-hybridized carbons (Fsp3) is 0.0476. The number of hydrogen-bond acceptors (Lipinski definition) is 4. The van der Waals surface area contributed by atoms with E-state index in [1.54, 1.807) is 43.5 Å². The van der Waals surface area contributed by atoms with Gasteiger partial charge in [0.1, 0.15) is 10.8 Å². The van der Waals surface area contributed by atoms with E-state index in [-0.39, 0.29) is 5.91 Å². The van der Waals surface area contributed by atoms with Crippen LogP contribution >= 0.6 is 34.5 Å². The smallest absolute Gasteiger partial charge is 0.255 e. The number of methoxy groups -OCH3 is 1. The number of benzene rings is 3. The quantitative estimate of drug-likeness (QED) is 0.401.